The summed E-state index contributed by atoms with van der Waals surface area (Å²) in [6.45, 7) is 1.89. The summed E-state index contributed by atoms with van der Waals surface area (Å²) in [7, 11) is 0. The van der Waals surface area contributed by atoms with Crippen LogP contribution in [-0.4, -0.2) is 17.8 Å². The predicted molar refractivity (Wildman–Crippen MR) is 77.8 cm³/mol. The van der Waals surface area contributed by atoms with Gasteiger partial charge in [0.15, 0.2) is 11.5 Å². The molecule has 0 aromatic heterocycles. The van der Waals surface area contributed by atoms with E-state index in [2.05, 4.69) is 5.32 Å². The molecule has 6 nitrogen and oxygen atoms in total. The monoisotopic (exact) mass is 286 g/mol. The maximum atomic E-state index is 12.3. The van der Waals surface area contributed by atoms with E-state index >= 15 is 0 Å². The fraction of sp³-hybridized carbons (Fsp3) is 0.133. The van der Waals surface area contributed by atoms with Crippen LogP contribution in [0.5, 0.6) is 17.2 Å². The maximum absolute atomic E-state index is 12.3. The van der Waals surface area contributed by atoms with Crippen molar-refractivity contribution in [1.82, 2.24) is 0 Å². The van der Waals surface area contributed by atoms with Crippen molar-refractivity contribution in [2.24, 2.45) is 0 Å². The molecule has 1 amide bonds. The molecule has 0 saturated carbocycles. The largest absolute Gasteiger partial charge is 0.508 e. The molecule has 0 saturated heterocycles. The average Bonchev–Trinajstić information content (AvgIpc) is 2.89. The SMILES string of the molecule is Cc1ccc(NC(=O)c2cc3c(cc2N)OCO3)cc1O. The molecule has 0 atom stereocenters. The Morgan fingerprint density at radius 2 is 1.95 bits per heavy atom. The lowest BCUT2D eigenvalue weighted by atomic mass is 10.1. The number of hydrogen-bond donors (Lipinski definition) is 3. The molecule has 21 heavy (non-hydrogen) atoms. The molecule has 0 spiro atoms. The van der Waals surface area contributed by atoms with Crippen molar-refractivity contribution < 1.29 is 19.4 Å². The molecule has 6 heteroatoms. The Balaban J connectivity index is 1.87. The van der Waals surface area contributed by atoms with Gasteiger partial charge in [-0.3, -0.25) is 4.79 Å². The van der Waals surface area contributed by atoms with Crippen LogP contribution < -0.4 is 20.5 Å². The third kappa shape index (κ3) is 2.43. The summed E-state index contributed by atoms with van der Waals surface area (Å²) in [5.74, 6) is 0.749. The Morgan fingerprint density at radius 1 is 1.24 bits per heavy atom. The van der Waals surface area contributed by atoms with Gasteiger partial charge in [0, 0.05) is 23.5 Å². The van der Waals surface area contributed by atoms with E-state index in [0.717, 1.165) is 5.56 Å². The van der Waals surface area contributed by atoms with Crippen LogP contribution in [0.4, 0.5) is 11.4 Å². The molecule has 0 fully saturated rings. The minimum absolute atomic E-state index is 0.117. The van der Waals surface area contributed by atoms with E-state index in [1.807, 2.05) is 0 Å². The molecule has 3 rings (SSSR count). The molecule has 4 N–H and O–H groups in total. The number of ether oxygens (including phenoxy) is 2. The molecular weight excluding hydrogens is 272 g/mol. The lowest BCUT2D eigenvalue weighted by molar-refractivity contribution is 0.102. The summed E-state index contributed by atoms with van der Waals surface area (Å²) in [5, 5.41) is 12.3. The standard InChI is InChI=1S/C15H14N2O4/c1-8-2-3-9(4-12(8)18)17-15(19)10-5-13-14(6-11(10)16)21-7-20-13/h2-6,18H,7,16H2,1H3,(H,17,19). The first kappa shape index (κ1) is 13.1. The second-order valence-corrected chi connectivity index (χ2v) is 4.75. The van der Waals surface area contributed by atoms with Crippen LogP contribution >= 0.6 is 0 Å². The molecule has 1 aliphatic rings. The first-order valence-corrected chi connectivity index (χ1v) is 6.34. The maximum Gasteiger partial charge on any atom is 0.257 e. The molecule has 2 aromatic carbocycles. The summed E-state index contributed by atoms with van der Waals surface area (Å²) < 4.78 is 10.4. The van der Waals surface area contributed by atoms with E-state index in [1.54, 1.807) is 31.2 Å². The number of carbonyl (C=O) groups is 1. The van der Waals surface area contributed by atoms with Crippen LogP contribution in [0.15, 0.2) is 30.3 Å². The number of anilines is 2. The number of rotatable bonds is 2. The number of aromatic hydroxyl groups is 1. The number of amides is 1. The van der Waals surface area contributed by atoms with Crippen molar-refractivity contribution >= 4 is 17.3 Å². The topological polar surface area (TPSA) is 93.8 Å². The van der Waals surface area contributed by atoms with E-state index in [9.17, 15) is 9.90 Å². The van der Waals surface area contributed by atoms with Crippen molar-refractivity contribution in [3.05, 3.63) is 41.5 Å². The molecule has 0 bridgehead atoms. The van der Waals surface area contributed by atoms with Gasteiger partial charge >= 0.3 is 0 Å². The van der Waals surface area contributed by atoms with Crippen molar-refractivity contribution in [2.75, 3.05) is 17.8 Å². The molecule has 1 aliphatic heterocycles. The van der Waals surface area contributed by atoms with Gasteiger partial charge in [-0.05, 0) is 24.6 Å². The minimum atomic E-state index is -0.381. The van der Waals surface area contributed by atoms with E-state index in [4.69, 9.17) is 15.2 Å². The van der Waals surface area contributed by atoms with Gasteiger partial charge in [-0.2, -0.15) is 0 Å². The molecule has 0 unspecified atom stereocenters. The van der Waals surface area contributed by atoms with Crippen LogP contribution in [0.2, 0.25) is 0 Å². The Labute approximate surface area is 121 Å². The third-order valence-electron chi connectivity index (χ3n) is 3.26. The van der Waals surface area contributed by atoms with Crippen molar-refractivity contribution in [3.8, 4) is 17.2 Å². The number of phenols is 1. The first-order chi connectivity index (χ1) is 10.0. The first-order valence-electron chi connectivity index (χ1n) is 6.34. The van der Waals surface area contributed by atoms with Gasteiger partial charge < -0.3 is 25.6 Å². The molecule has 0 radical (unpaired) electrons. The molecular formula is C15H14N2O4. The van der Waals surface area contributed by atoms with Crippen molar-refractivity contribution in [2.45, 2.75) is 6.92 Å². The average molecular weight is 286 g/mol. The number of carbonyl (C=O) groups excluding carboxylic acids is 1. The van der Waals surface area contributed by atoms with Gasteiger partial charge in [0.2, 0.25) is 6.79 Å². The zero-order valence-corrected chi connectivity index (χ0v) is 11.3. The van der Waals surface area contributed by atoms with E-state index in [-0.39, 0.29) is 18.4 Å². The van der Waals surface area contributed by atoms with Crippen LogP contribution in [0.3, 0.4) is 0 Å². The van der Waals surface area contributed by atoms with Gasteiger partial charge in [-0.15, -0.1) is 0 Å². The van der Waals surface area contributed by atoms with Crippen LogP contribution in [0, 0.1) is 6.92 Å². The van der Waals surface area contributed by atoms with Gasteiger partial charge in [-0.1, -0.05) is 6.07 Å². The minimum Gasteiger partial charge on any atom is -0.508 e. The summed E-state index contributed by atoms with van der Waals surface area (Å²) in [4.78, 5) is 12.3. The second kappa shape index (κ2) is 4.90. The highest BCUT2D eigenvalue weighted by Gasteiger charge is 2.19. The summed E-state index contributed by atoms with van der Waals surface area (Å²) in [6, 6.07) is 8.01. The predicted octanol–water partition coefficient (Wildman–Crippen LogP) is 2.26. The number of nitrogens with one attached hydrogen (secondary N) is 1. The van der Waals surface area contributed by atoms with Gasteiger partial charge in [0.25, 0.3) is 5.91 Å². The highest BCUT2D eigenvalue weighted by Crippen LogP contribution is 2.36. The van der Waals surface area contributed by atoms with E-state index in [0.29, 0.717) is 28.4 Å². The smallest absolute Gasteiger partial charge is 0.257 e. The molecule has 108 valence electrons. The lowest BCUT2D eigenvalue weighted by Gasteiger charge is -2.09. The third-order valence-corrected chi connectivity index (χ3v) is 3.26. The highest BCUT2D eigenvalue weighted by atomic mass is 16.7. The van der Waals surface area contributed by atoms with Crippen LogP contribution in [0.25, 0.3) is 0 Å². The number of aryl methyl sites for hydroxylation is 1. The van der Waals surface area contributed by atoms with Gasteiger partial charge in [0.1, 0.15) is 5.75 Å². The fourth-order valence-electron chi connectivity index (χ4n) is 2.04. The number of benzene rings is 2. The summed E-state index contributed by atoms with van der Waals surface area (Å²) >= 11 is 0. The van der Waals surface area contributed by atoms with E-state index in [1.165, 1.54) is 6.07 Å². The Morgan fingerprint density at radius 3 is 2.67 bits per heavy atom. The second-order valence-electron chi connectivity index (χ2n) is 4.75. The lowest BCUT2D eigenvalue weighted by Crippen LogP contribution is -2.14. The number of hydrogen-bond acceptors (Lipinski definition) is 5. The summed E-state index contributed by atoms with van der Waals surface area (Å²) in [5.41, 5.74) is 7.66. The quantitative estimate of drug-likeness (QED) is 0.736. The number of nitrogen functional groups attached to an aromatic ring is 1. The van der Waals surface area contributed by atoms with Crippen LogP contribution in [0.1, 0.15) is 15.9 Å². The zero-order chi connectivity index (χ0) is 15.0. The molecule has 2 aromatic rings. The summed E-state index contributed by atoms with van der Waals surface area (Å²) in [6.07, 6.45) is 0. The Bertz CT molecular complexity index is 728. The highest BCUT2D eigenvalue weighted by molar-refractivity contribution is 6.08. The zero-order valence-electron chi connectivity index (χ0n) is 11.3. The van der Waals surface area contributed by atoms with Gasteiger partial charge in [-0.25, -0.2) is 0 Å². The Kier molecular flexibility index (Phi) is 3.06. The number of fused-ring (bicyclic) bond motifs is 1. The van der Waals surface area contributed by atoms with Crippen molar-refractivity contribution in [3.63, 3.8) is 0 Å². The molecule has 1 heterocycles. The van der Waals surface area contributed by atoms with Gasteiger partial charge in [0.05, 0.1) is 5.56 Å². The number of nitrogens with two attached hydrogens (primary N) is 1. The van der Waals surface area contributed by atoms with E-state index < -0.39 is 0 Å². The van der Waals surface area contributed by atoms with Crippen molar-refractivity contribution in [1.29, 1.82) is 0 Å². The Hall–Kier alpha value is -2.89. The fourth-order valence-corrected chi connectivity index (χ4v) is 2.04. The normalized spacial score (nSPS) is 12.2. The number of phenolic OH excluding ortho intramolecular Hbond substituents is 1. The van der Waals surface area contributed by atoms with Crippen LogP contribution in [-0.2, 0) is 0 Å². The molecule has 0 aliphatic carbocycles.